The Labute approximate surface area is 152 Å². The molecule has 2 aliphatic rings. The van der Waals surface area contributed by atoms with Gasteiger partial charge in [-0.2, -0.15) is 0 Å². The molecule has 26 heavy (non-hydrogen) atoms. The van der Waals surface area contributed by atoms with Gasteiger partial charge >= 0.3 is 0 Å². The highest BCUT2D eigenvalue weighted by Crippen LogP contribution is 2.35. The first-order valence-electron chi connectivity index (χ1n) is 9.13. The summed E-state index contributed by atoms with van der Waals surface area (Å²) in [6.45, 7) is 0.708. The number of rotatable bonds is 3. The molecule has 0 atom stereocenters. The largest absolute Gasteiger partial charge is 0.322 e. The number of anilines is 2. The van der Waals surface area contributed by atoms with Crippen LogP contribution in [-0.4, -0.2) is 18.4 Å². The van der Waals surface area contributed by atoms with Gasteiger partial charge in [0.25, 0.3) is 5.91 Å². The van der Waals surface area contributed by atoms with E-state index in [4.69, 9.17) is 0 Å². The first kappa shape index (κ1) is 16.8. The summed E-state index contributed by atoms with van der Waals surface area (Å²) in [6, 6.07) is 11.1. The maximum Gasteiger partial charge on any atom is 0.255 e. The van der Waals surface area contributed by atoms with Crippen molar-refractivity contribution in [1.82, 2.24) is 0 Å². The fourth-order valence-electron chi connectivity index (χ4n) is 3.88. The third-order valence-corrected chi connectivity index (χ3v) is 5.32. The topological polar surface area (TPSA) is 49.4 Å². The highest BCUT2D eigenvalue weighted by atomic mass is 19.1. The molecule has 1 aliphatic carbocycles. The Morgan fingerprint density at radius 1 is 1.04 bits per heavy atom. The van der Waals surface area contributed by atoms with Crippen LogP contribution in [0.2, 0.25) is 0 Å². The minimum absolute atomic E-state index is 0.137. The number of nitrogens with one attached hydrogen (secondary N) is 1. The molecule has 0 radical (unpaired) electrons. The fraction of sp³-hybridized carbons (Fsp3) is 0.333. The van der Waals surface area contributed by atoms with Crippen LogP contribution in [-0.2, 0) is 11.2 Å². The molecule has 1 aliphatic heterocycles. The van der Waals surface area contributed by atoms with E-state index in [-0.39, 0.29) is 23.5 Å². The lowest BCUT2D eigenvalue weighted by Gasteiger charge is -2.21. The van der Waals surface area contributed by atoms with Crippen molar-refractivity contribution in [2.75, 3.05) is 16.8 Å². The van der Waals surface area contributed by atoms with Gasteiger partial charge in [0.05, 0.1) is 0 Å². The maximum atomic E-state index is 13.0. The third-order valence-electron chi connectivity index (χ3n) is 5.32. The van der Waals surface area contributed by atoms with Gasteiger partial charge in [-0.1, -0.05) is 18.9 Å². The van der Waals surface area contributed by atoms with E-state index in [9.17, 15) is 14.0 Å². The summed E-state index contributed by atoms with van der Waals surface area (Å²) in [5.74, 6) is -0.321. The Balaban J connectivity index is 1.53. The van der Waals surface area contributed by atoms with Crippen molar-refractivity contribution < 1.29 is 14.0 Å². The molecular formula is C21H21FN2O2. The van der Waals surface area contributed by atoms with Crippen LogP contribution in [0.1, 0.15) is 41.6 Å². The van der Waals surface area contributed by atoms with Crippen molar-refractivity contribution in [3.63, 3.8) is 0 Å². The lowest BCUT2D eigenvalue weighted by molar-refractivity contribution is -0.122. The minimum atomic E-state index is -0.375. The minimum Gasteiger partial charge on any atom is -0.322 e. The fourth-order valence-corrected chi connectivity index (χ4v) is 3.88. The number of benzene rings is 2. The van der Waals surface area contributed by atoms with E-state index < -0.39 is 0 Å². The Kier molecular flexibility index (Phi) is 4.45. The van der Waals surface area contributed by atoms with E-state index in [1.165, 1.54) is 24.3 Å². The first-order chi connectivity index (χ1) is 12.6. The molecule has 0 saturated heterocycles. The molecule has 1 N–H and O–H groups in total. The average molecular weight is 352 g/mol. The monoisotopic (exact) mass is 352 g/mol. The van der Waals surface area contributed by atoms with Crippen LogP contribution < -0.4 is 10.2 Å². The molecular weight excluding hydrogens is 331 g/mol. The van der Waals surface area contributed by atoms with Crippen molar-refractivity contribution in [1.29, 1.82) is 0 Å². The molecule has 2 aromatic carbocycles. The normalized spacial score (nSPS) is 16.6. The molecule has 0 aromatic heterocycles. The smallest absolute Gasteiger partial charge is 0.255 e. The number of fused-ring (bicyclic) bond motifs is 1. The second kappa shape index (κ2) is 6.90. The zero-order chi connectivity index (χ0) is 18.1. The Hall–Kier alpha value is -2.69. The predicted octanol–water partition coefficient (Wildman–Crippen LogP) is 4.16. The number of amides is 2. The number of carbonyl (C=O) groups is 2. The second-order valence-corrected chi connectivity index (χ2v) is 7.03. The lowest BCUT2D eigenvalue weighted by atomic mass is 10.1. The Morgan fingerprint density at radius 2 is 1.77 bits per heavy atom. The molecule has 4 nitrogen and oxygen atoms in total. The zero-order valence-corrected chi connectivity index (χ0v) is 14.5. The third kappa shape index (κ3) is 3.21. The van der Waals surface area contributed by atoms with Gasteiger partial charge in [-0.15, -0.1) is 0 Å². The van der Waals surface area contributed by atoms with Crippen LogP contribution in [0, 0.1) is 11.7 Å². The van der Waals surface area contributed by atoms with Crippen LogP contribution in [0.4, 0.5) is 15.8 Å². The number of nitrogens with zero attached hydrogens (tertiary/aromatic N) is 1. The van der Waals surface area contributed by atoms with Crippen LogP contribution in [0.15, 0.2) is 42.5 Å². The van der Waals surface area contributed by atoms with E-state index in [1.54, 1.807) is 0 Å². The SMILES string of the molecule is O=C(Nc1ccc2c(c1)N(C(=O)C1CCCC1)CC2)c1ccc(F)cc1. The number of hydrogen-bond donors (Lipinski definition) is 1. The van der Waals surface area contributed by atoms with E-state index >= 15 is 0 Å². The van der Waals surface area contributed by atoms with Gasteiger partial charge in [0.2, 0.25) is 5.91 Å². The van der Waals surface area contributed by atoms with Crippen molar-refractivity contribution in [2.24, 2.45) is 5.92 Å². The Morgan fingerprint density at radius 3 is 2.50 bits per heavy atom. The quantitative estimate of drug-likeness (QED) is 0.902. The molecule has 0 unspecified atom stereocenters. The number of hydrogen-bond acceptors (Lipinski definition) is 2. The van der Waals surface area contributed by atoms with Gasteiger partial charge in [-0.25, -0.2) is 4.39 Å². The van der Waals surface area contributed by atoms with Gasteiger partial charge in [0, 0.05) is 29.4 Å². The molecule has 0 bridgehead atoms. The molecule has 1 fully saturated rings. The van der Waals surface area contributed by atoms with Crippen molar-refractivity contribution in [3.05, 3.63) is 59.4 Å². The first-order valence-corrected chi connectivity index (χ1v) is 9.13. The summed E-state index contributed by atoms with van der Waals surface area (Å²) >= 11 is 0. The van der Waals surface area contributed by atoms with Gasteiger partial charge in [0.1, 0.15) is 5.82 Å². The maximum absolute atomic E-state index is 13.0. The molecule has 1 heterocycles. The number of carbonyl (C=O) groups excluding carboxylic acids is 2. The standard InChI is InChI=1S/C21H21FN2O2/c22-17-8-5-15(6-9-17)20(25)23-18-10-7-14-11-12-24(19(14)13-18)21(26)16-3-1-2-4-16/h5-10,13,16H,1-4,11-12H2,(H,23,25). The number of halogens is 1. The van der Waals surface area contributed by atoms with Crippen LogP contribution in [0.3, 0.4) is 0 Å². The summed E-state index contributed by atoms with van der Waals surface area (Å²) in [4.78, 5) is 27.0. The highest BCUT2D eigenvalue weighted by molar-refractivity contribution is 6.05. The van der Waals surface area contributed by atoms with E-state index in [2.05, 4.69) is 5.32 Å². The van der Waals surface area contributed by atoms with Gasteiger partial charge in [-0.3, -0.25) is 9.59 Å². The Bertz CT molecular complexity index is 842. The molecule has 1 saturated carbocycles. The van der Waals surface area contributed by atoms with Gasteiger partial charge in [-0.05, 0) is 61.2 Å². The van der Waals surface area contributed by atoms with Crippen molar-refractivity contribution in [3.8, 4) is 0 Å². The summed E-state index contributed by atoms with van der Waals surface area (Å²) in [5.41, 5.74) is 3.07. The van der Waals surface area contributed by atoms with E-state index in [0.29, 0.717) is 17.8 Å². The lowest BCUT2D eigenvalue weighted by Crippen LogP contribution is -2.33. The van der Waals surface area contributed by atoms with E-state index in [0.717, 1.165) is 43.4 Å². The second-order valence-electron chi connectivity index (χ2n) is 7.03. The van der Waals surface area contributed by atoms with Crippen LogP contribution in [0.25, 0.3) is 0 Å². The molecule has 5 heteroatoms. The summed E-state index contributed by atoms with van der Waals surface area (Å²) in [5, 5.41) is 2.84. The summed E-state index contributed by atoms with van der Waals surface area (Å²) in [6.07, 6.45) is 5.06. The predicted molar refractivity (Wildman–Crippen MR) is 98.8 cm³/mol. The molecule has 0 spiro atoms. The summed E-state index contributed by atoms with van der Waals surface area (Å²) < 4.78 is 13.0. The molecule has 4 rings (SSSR count). The van der Waals surface area contributed by atoms with Crippen molar-refractivity contribution in [2.45, 2.75) is 32.1 Å². The molecule has 134 valence electrons. The van der Waals surface area contributed by atoms with Crippen LogP contribution >= 0.6 is 0 Å². The molecule has 2 amide bonds. The molecule has 2 aromatic rings. The van der Waals surface area contributed by atoms with Gasteiger partial charge < -0.3 is 10.2 Å². The highest BCUT2D eigenvalue weighted by Gasteiger charge is 2.31. The van der Waals surface area contributed by atoms with Crippen LogP contribution in [0.5, 0.6) is 0 Å². The zero-order valence-electron chi connectivity index (χ0n) is 14.5. The summed E-state index contributed by atoms with van der Waals surface area (Å²) in [7, 11) is 0. The van der Waals surface area contributed by atoms with Crippen molar-refractivity contribution >= 4 is 23.2 Å². The average Bonchev–Trinajstić information content (AvgIpc) is 3.31. The van der Waals surface area contributed by atoms with E-state index in [1.807, 2.05) is 23.1 Å². The van der Waals surface area contributed by atoms with Gasteiger partial charge in [0.15, 0.2) is 0 Å².